The molecule has 24 heavy (non-hydrogen) atoms. The highest BCUT2D eigenvalue weighted by molar-refractivity contribution is 6.31. The van der Waals surface area contributed by atoms with Crippen molar-refractivity contribution in [2.75, 3.05) is 6.54 Å². The average molecular weight is 341 g/mol. The third-order valence-corrected chi connectivity index (χ3v) is 4.75. The molecule has 1 saturated heterocycles. The van der Waals surface area contributed by atoms with Crippen LogP contribution >= 0.6 is 11.6 Å². The zero-order valence-electron chi connectivity index (χ0n) is 13.3. The summed E-state index contributed by atoms with van der Waals surface area (Å²) in [6.07, 6.45) is 3.56. The van der Waals surface area contributed by atoms with Gasteiger partial charge in [-0.15, -0.1) is 0 Å². The number of amides is 1. The Hall–Kier alpha value is -2.33. The predicted molar refractivity (Wildman–Crippen MR) is 93.2 cm³/mol. The van der Waals surface area contributed by atoms with E-state index in [0.29, 0.717) is 10.6 Å². The van der Waals surface area contributed by atoms with Gasteiger partial charge in [0.2, 0.25) is 0 Å². The first-order valence-corrected chi connectivity index (χ1v) is 8.42. The Morgan fingerprint density at radius 2 is 2.21 bits per heavy atom. The molecule has 4 nitrogen and oxygen atoms in total. The van der Waals surface area contributed by atoms with Crippen molar-refractivity contribution in [1.29, 1.82) is 0 Å². The number of fused-ring (bicyclic) bond motifs is 1. The lowest BCUT2D eigenvalue weighted by atomic mass is 10.1. The lowest BCUT2D eigenvalue weighted by molar-refractivity contribution is 0.0722. The Morgan fingerprint density at radius 1 is 1.33 bits per heavy atom. The van der Waals surface area contributed by atoms with Crippen molar-refractivity contribution in [3.63, 3.8) is 0 Å². The van der Waals surface area contributed by atoms with Gasteiger partial charge in [0.1, 0.15) is 5.76 Å². The Labute approximate surface area is 145 Å². The van der Waals surface area contributed by atoms with Crippen molar-refractivity contribution in [2.24, 2.45) is 0 Å². The summed E-state index contributed by atoms with van der Waals surface area (Å²) in [5, 5.41) is 1.45. The largest absolute Gasteiger partial charge is 0.467 e. The van der Waals surface area contributed by atoms with Gasteiger partial charge in [-0.25, -0.2) is 0 Å². The molecule has 122 valence electrons. The average Bonchev–Trinajstić information content (AvgIpc) is 3.23. The maximum Gasteiger partial charge on any atom is 0.255 e. The normalized spacial score (nSPS) is 17.6. The van der Waals surface area contributed by atoms with Crippen LogP contribution in [-0.4, -0.2) is 22.3 Å². The van der Waals surface area contributed by atoms with Gasteiger partial charge >= 0.3 is 0 Å². The van der Waals surface area contributed by atoms with Gasteiger partial charge in [-0.2, -0.15) is 0 Å². The van der Waals surface area contributed by atoms with Gasteiger partial charge in [-0.3, -0.25) is 9.78 Å². The number of carbonyl (C=O) groups is 1. The van der Waals surface area contributed by atoms with Gasteiger partial charge in [0, 0.05) is 22.6 Å². The summed E-state index contributed by atoms with van der Waals surface area (Å²) in [4.78, 5) is 19.6. The number of nitrogens with zero attached hydrogens (tertiary/aromatic N) is 2. The van der Waals surface area contributed by atoms with Gasteiger partial charge in [0.05, 0.1) is 23.4 Å². The molecule has 1 atom stereocenters. The first-order valence-electron chi connectivity index (χ1n) is 8.05. The van der Waals surface area contributed by atoms with E-state index in [1.165, 1.54) is 0 Å². The van der Waals surface area contributed by atoms with Crippen molar-refractivity contribution in [3.05, 3.63) is 64.7 Å². The fourth-order valence-corrected chi connectivity index (χ4v) is 3.62. The van der Waals surface area contributed by atoms with Crippen LogP contribution in [0.3, 0.4) is 0 Å². The molecule has 1 amide bonds. The van der Waals surface area contributed by atoms with Crippen LogP contribution in [-0.2, 0) is 0 Å². The van der Waals surface area contributed by atoms with Crippen LogP contribution in [0, 0.1) is 6.92 Å². The van der Waals surface area contributed by atoms with Crippen molar-refractivity contribution in [1.82, 2.24) is 9.88 Å². The van der Waals surface area contributed by atoms with Crippen LogP contribution in [0.4, 0.5) is 0 Å². The third-order valence-electron chi connectivity index (χ3n) is 4.52. The van der Waals surface area contributed by atoms with Crippen molar-refractivity contribution in [3.8, 4) is 0 Å². The highest BCUT2D eigenvalue weighted by atomic mass is 35.5. The molecular weight excluding hydrogens is 324 g/mol. The van der Waals surface area contributed by atoms with Gasteiger partial charge in [-0.1, -0.05) is 17.7 Å². The van der Waals surface area contributed by atoms with Crippen LogP contribution in [0.25, 0.3) is 10.9 Å². The van der Waals surface area contributed by atoms with E-state index in [1.54, 1.807) is 18.4 Å². The second kappa shape index (κ2) is 5.95. The second-order valence-electron chi connectivity index (χ2n) is 6.14. The Bertz CT molecular complexity index is 900. The first-order chi connectivity index (χ1) is 11.6. The molecule has 1 aliphatic rings. The fraction of sp³-hybridized carbons (Fsp3) is 0.263. The van der Waals surface area contributed by atoms with Crippen LogP contribution in [0.5, 0.6) is 0 Å². The van der Waals surface area contributed by atoms with Crippen molar-refractivity contribution in [2.45, 2.75) is 25.8 Å². The molecule has 1 aromatic carbocycles. The maximum atomic E-state index is 13.2. The molecule has 0 aliphatic carbocycles. The van der Waals surface area contributed by atoms with E-state index >= 15 is 0 Å². The highest BCUT2D eigenvalue weighted by Gasteiger charge is 2.33. The smallest absolute Gasteiger partial charge is 0.255 e. The van der Waals surface area contributed by atoms with Gasteiger partial charge in [0.15, 0.2) is 0 Å². The highest BCUT2D eigenvalue weighted by Crippen LogP contribution is 2.34. The molecule has 3 heterocycles. The predicted octanol–water partition coefficient (Wildman–Crippen LogP) is 4.77. The molecule has 4 rings (SSSR count). The number of benzene rings is 1. The van der Waals surface area contributed by atoms with Crippen LogP contribution in [0.15, 0.2) is 47.1 Å². The summed E-state index contributed by atoms with van der Waals surface area (Å²) in [5.41, 5.74) is 2.23. The number of carbonyl (C=O) groups excluding carboxylic acids is 1. The summed E-state index contributed by atoms with van der Waals surface area (Å²) in [5.74, 6) is 0.866. The summed E-state index contributed by atoms with van der Waals surface area (Å²) in [7, 11) is 0. The van der Waals surface area contributed by atoms with Crippen LogP contribution < -0.4 is 0 Å². The molecule has 1 fully saturated rings. The number of halogens is 1. The quantitative estimate of drug-likeness (QED) is 0.675. The zero-order valence-corrected chi connectivity index (χ0v) is 14.1. The number of aryl methyl sites for hydroxylation is 1. The van der Waals surface area contributed by atoms with E-state index in [-0.39, 0.29) is 11.9 Å². The minimum Gasteiger partial charge on any atom is -0.467 e. The van der Waals surface area contributed by atoms with Crippen LogP contribution in [0.1, 0.15) is 40.7 Å². The second-order valence-corrected chi connectivity index (χ2v) is 6.58. The molecule has 1 aliphatic heterocycles. The molecular formula is C19H17ClN2O2. The summed E-state index contributed by atoms with van der Waals surface area (Å²) in [6.45, 7) is 2.63. The SMILES string of the molecule is Cc1cc(C(=O)N2CCCC2c2ccco2)c2ccc(Cl)cc2n1. The van der Waals surface area contributed by atoms with Gasteiger partial charge < -0.3 is 9.32 Å². The van der Waals surface area contributed by atoms with E-state index in [1.807, 2.05) is 36.1 Å². The Kier molecular flexibility index (Phi) is 3.77. The number of rotatable bonds is 2. The van der Waals surface area contributed by atoms with E-state index in [0.717, 1.165) is 41.7 Å². The third kappa shape index (κ3) is 2.57. The Balaban J connectivity index is 1.78. The maximum absolute atomic E-state index is 13.2. The molecule has 0 spiro atoms. The minimum atomic E-state index is 0.00308. The molecule has 0 bridgehead atoms. The topological polar surface area (TPSA) is 46.3 Å². The van der Waals surface area contributed by atoms with Crippen molar-refractivity contribution >= 4 is 28.4 Å². The fourth-order valence-electron chi connectivity index (χ4n) is 3.45. The first kappa shape index (κ1) is 15.2. The lowest BCUT2D eigenvalue weighted by Crippen LogP contribution is -2.30. The number of pyridine rings is 1. The van der Waals surface area contributed by atoms with Crippen LogP contribution in [0.2, 0.25) is 5.02 Å². The zero-order chi connectivity index (χ0) is 16.7. The summed E-state index contributed by atoms with van der Waals surface area (Å²) in [6, 6.07) is 11.1. The molecule has 0 radical (unpaired) electrons. The molecule has 0 saturated carbocycles. The van der Waals surface area contributed by atoms with E-state index in [9.17, 15) is 4.79 Å². The monoisotopic (exact) mass is 340 g/mol. The van der Waals surface area contributed by atoms with Gasteiger partial charge in [0.25, 0.3) is 5.91 Å². The van der Waals surface area contributed by atoms with E-state index in [4.69, 9.17) is 16.0 Å². The van der Waals surface area contributed by atoms with E-state index in [2.05, 4.69) is 4.98 Å². The number of furan rings is 1. The molecule has 1 unspecified atom stereocenters. The van der Waals surface area contributed by atoms with Gasteiger partial charge in [-0.05, 0) is 50.1 Å². The van der Waals surface area contributed by atoms with E-state index < -0.39 is 0 Å². The summed E-state index contributed by atoms with van der Waals surface area (Å²) < 4.78 is 5.54. The Morgan fingerprint density at radius 3 is 3.00 bits per heavy atom. The number of hydrogen-bond acceptors (Lipinski definition) is 3. The molecule has 0 N–H and O–H groups in total. The standard InChI is InChI=1S/C19H17ClN2O2/c1-12-10-15(14-7-6-13(20)11-16(14)21-12)19(23)22-8-2-4-17(22)18-5-3-9-24-18/h3,5-7,9-11,17H,2,4,8H2,1H3. The lowest BCUT2D eigenvalue weighted by Gasteiger charge is -2.24. The molecule has 3 aromatic rings. The molecule has 5 heteroatoms. The van der Waals surface area contributed by atoms with Crippen molar-refractivity contribution < 1.29 is 9.21 Å². The number of likely N-dealkylation sites (tertiary alicyclic amines) is 1. The molecule has 2 aromatic heterocycles. The summed E-state index contributed by atoms with van der Waals surface area (Å²) >= 11 is 6.07. The minimum absolute atomic E-state index is 0.00308. The number of aromatic nitrogens is 1. The number of hydrogen-bond donors (Lipinski definition) is 0.